The summed E-state index contributed by atoms with van der Waals surface area (Å²) >= 11 is 0. The van der Waals surface area contributed by atoms with Gasteiger partial charge in [-0.15, -0.1) is 0 Å². The molecule has 1 N–H and O–H groups in total. The zero-order valence-electron chi connectivity index (χ0n) is 13.9. The van der Waals surface area contributed by atoms with Crippen LogP contribution in [-0.2, 0) is 17.5 Å². The van der Waals surface area contributed by atoms with Crippen molar-refractivity contribution in [2.75, 3.05) is 32.8 Å². The van der Waals surface area contributed by atoms with Gasteiger partial charge < -0.3 is 9.30 Å². The first-order valence-electron chi connectivity index (χ1n) is 8.34. The number of halogens is 3. The Balaban J connectivity index is 1.87. The fourth-order valence-corrected chi connectivity index (χ4v) is 3.49. The predicted octanol–water partition coefficient (Wildman–Crippen LogP) is 2.07. The van der Waals surface area contributed by atoms with Gasteiger partial charge in [0.05, 0.1) is 18.7 Å². The first kappa shape index (κ1) is 17.0. The number of rotatable bonds is 3. The molecule has 9 heteroatoms. The first-order valence-corrected chi connectivity index (χ1v) is 8.34. The van der Waals surface area contributed by atoms with Crippen LogP contribution in [0.4, 0.5) is 13.2 Å². The Kier molecular flexibility index (Phi) is 4.20. The lowest BCUT2D eigenvalue weighted by atomic mass is 10.2. The molecule has 0 bridgehead atoms. The minimum Gasteiger partial charge on any atom is -0.379 e. The summed E-state index contributed by atoms with van der Waals surface area (Å²) in [6, 6.07) is 3.20. The summed E-state index contributed by atoms with van der Waals surface area (Å²) < 4.78 is 48.4. The molecule has 6 nitrogen and oxygen atoms in total. The summed E-state index contributed by atoms with van der Waals surface area (Å²) in [5, 5.41) is 10.9. The quantitative estimate of drug-likeness (QED) is 0.569. The number of aromatic nitrogens is 3. The Bertz CT molecular complexity index is 948. The van der Waals surface area contributed by atoms with Crippen molar-refractivity contribution >= 4 is 21.8 Å². The van der Waals surface area contributed by atoms with Gasteiger partial charge in [0.25, 0.3) is 0 Å². The molecule has 0 aliphatic carbocycles. The minimum atomic E-state index is -4.56. The number of fused-ring (bicyclic) bond motifs is 3. The van der Waals surface area contributed by atoms with Gasteiger partial charge in [-0.3, -0.25) is 10.1 Å². The Morgan fingerprint density at radius 1 is 1.15 bits per heavy atom. The molecule has 1 aliphatic heterocycles. The summed E-state index contributed by atoms with van der Waals surface area (Å²) in [6.07, 6.45) is -0.548. The molecular weight excluding hydrogens is 349 g/mol. The maximum absolute atomic E-state index is 13.5. The van der Waals surface area contributed by atoms with Crippen LogP contribution in [0.3, 0.4) is 0 Å². The predicted molar refractivity (Wildman–Crippen MR) is 86.9 cm³/mol. The second kappa shape index (κ2) is 6.40. The topological polar surface area (TPSA) is 54.4 Å². The van der Waals surface area contributed by atoms with Crippen LogP contribution < -0.4 is 4.73 Å². The first-order chi connectivity index (χ1) is 12.4. The highest BCUT2D eigenvalue weighted by Gasteiger charge is 2.36. The average Bonchev–Trinajstić information content (AvgIpc) is 2.92. The molecular formula is C17H18F3N4O2+. The highest BCUT2D eigenvalue weighted by Crippen LogP contribution is 2.37. The lowest BCUT2D eigenvalue weighted by Gasteiger charge is -2.26. The third-order valence-electron chi connectivity index (χ3n) is 4.71. The van der Waals surface area contributed by atoms with E-state index in [1.165, 1.54) is 18.6 Å². The van der Waals surface area contributed by atoms with Crippen molar-refractivity contribution in [3.63, 3.8) is 0 Å². The van der Waals surface area contributed by atoms with Crippen molar-refractivity contribution in [3.8, 4) is 0 Å². The van der Waals surface area contributed by atoms with Crippen LogP contribution in [0.5, 0.6) is 0 Å². The van der Waals surface area contributed by atoms with Crippen LogP contribution in [0.2, 0.25) is 0 Å². The molecule has 0 aromatic carbocycles. The fraction of sp³-hybridized carbons (Fsp3) is 0.412. The molecule has 0 unspecified atom stereocenters. The standard InChI is InChI=1S/C17H18F3N4O2/c18-17(19,20)16-15-13(1-3-21-16)12-2-4-23(25)11-14(12)24(15)6-5-22-7-9-26-10-8-22/h1-4,11,25H,5-10H2/q+1. The van der Waals surface area contributed by atoms with Gasteiger partial charge >= 0.3 is 6.18 Å². The van der Waals surface area contributed by atoms with E-state index in [1.54, 1.807) is 16.7 Å². The van der Waals surface area contributed by atoms with Crippen molar-refractivity contribution in [1.29, 1.82) is 0 Å². The van der Waals surface area contributed by atoms with Gasteiger partial charge in [-0.05, 0) is 6.07 Å². The highest BCUT2D eigenvalue weighted by atomic mass is 19.4. The molecule has 4 heterocycles. The molecule has 26 heavy (non-hydrogen) atoms. The normalized spacial score (nSPS) is 16.6. The summed E-state index contributed by atoms with van der Waals surface area (Å²) in [5.41, 5.74) is -0.316. The average molecular weight is 367 g/mol. The number of pyridine rings is 2. The summed E-state index contributed by atoms with van der Waals surface area (Å²) in [5.74, 6) is 0. The Hall–Kier alpha value is -2.39. The summed E-state index contributed by atoms with van der Waals surface area (Å²) in [4.78, 5) is 5.76. The largest absolute Gasteiger partial charge is 0.435 e. The van der Waals surface area contributed by atoms with Crippen molar-refractivity contribution in [2.45, 2.75) is 12.7 Å². The van der Waals surface area contributed by atoms with Crippen LogP contribution in [0.15, 0.2) is 30.7 Å². The van der Waals surface area contributed by atoms with E-state index in [0.29, 0.717) is 42.6 Å². The van der Waals surface area contributed by atoms with Crippen molar-refractivity contribution in [1.82, 2.24) is 14.5 Å². The smallest absolute Gasteiger partial charge is 0.379 e. The van der Waals surface area contributed by atoms with Gasteiger partial charge in [0.15, 0.2) is 5.69 Å². The van der Waals surface area contributed by atoms with Gasteiger partial charge in [-0.2, -0.15) is 13.2 Å². The van der Waals surface area contributed by atoms with E-state index >= 15 is 0 Å². The Morgan fingerprint density at radius 3 is 2.65 bits per heavy atom. The van der Waals surface area contributed by atoms with E-state index in [2.05, 4.69) is 9.88 Å². The van der Waals surface area contributed by atoms with Gasteiger partial charge in [-0.1, -0.05) is 0 Å². The van der Waals surface area contributed by atoms with Crippen molar-refractivity contribution < 1.29 is 27.8 Å². The number of alkyl halides is 3. The molecule has 138 valence electrons. The fourth-order valence-electron chi connectivity index (χ4n) is 3.49. The molecule has 1 fully saturated rings. The van der Waals surface area contributed by atoms with Crippen LogP contribution in [0.1, 0.15) is 5.69 Å². The molecule has 1 aliphatic rings. The van der Waals surface area contributed by atoms with E-state index in [-0.39, 0.29) is 5.52 Å². The lowest BCUT2D eigenvalue weighted by molar-refractivity contribution is -0.904. The van der Waals surface area contributed by atoms with E-state index in [1.807, 2.05) is 0 Å². The molecule has 4 rings (SSSR count). The number of ether oxygens (including phenoxy) is 1. The van der Waals surface area contributed by atoms with Gasteiger partial charge in [0, 0.05) is 53.9 Å². The van der Waals surface area contributed by atoms with Gasteiger partial charge in [0.2, 0.25) is 12.4 Å². The molecule has 0 spiro atoms. The third-order valence-corrected chi connectivity index (χ3v) is 4.71. The maximum Gasteiger partial charge on any atom is 0.435 e. The van der Waals surface area contributed by atoms with Crippen molar-refractivity contribution in [2.24, 2.45) is 0 Å². The number of hydrogen-bond donors (Lipinski definition) is 1. The van der Waals surface area contributed by atoms with Crippen LogP contribution in [0, 0.1) is 0 Å². The maximum atomic E-state index is 13.5. The SMILES string of the molecule is O[n+]1ccc2c3ccnc(C(F)(F)F)c3n(CCN3CCOCC3)c2c1. The summed E-state index contributed by atoms with van der Waals surface area (Å²) in [7, 11) is 0. The molecule has 3 aromatic rings. The zero-order chi connectivity index (χ0) is 18.3. The summed E-state index contributed by atoms with van der Waals surface area (Å²) in [6.45, 7) is 3.70. The molecule has 0 atom stereocenters. The third kappa shape index (κ3) is 2.97. The zero-order valence-corrected chi connectivity index (χ0v) is 13.9. The molecule has 1 saturated heterocycles. The Labute approximate surface area is 147 Å². The van der Waals surface area contributed by atoms with E-state index in [4.69, 9.17) is 4.74 Å². The van der Waals surface area contributed by atoms with E-state index in [9.17, 15) is 18.4 Å². The monoisotopic (exact) mass is 367 g/mol. The second-order valence-electron chi connectivity index (χ2n) is 6.28. The molecule has 0 radical (unpaired) electrons. The minimum absolute atomic E-state index is 0.0504. The van der Waals surface area contributed by atoms with E-state index in [0.717, 1.165) is 17.8 Å². The van der Waals surface area contributed by atoms with Crippen LogP contribution in [-0.4, -0.2) is 52.5 Å². The Morgan fingerprint density at radius 2 is 1.92 bits per heavy atom. The van der Waals surface area contributed by atoms with Crippen LogP contribution in [0.25, 0.3) is 21.8 Å². The van der Waals surface area contributed by atoms with Crippen LogP contribution >= 0.6 is 0 Å². The molecule has 3 aromatic heterocycles. The van der Waals surface area contributed by atoms with Crippen molar-refractivity contribution in [3.05, 3.63) is 36.4 Å². The number of nitrogens with zero attached hydrogens (tertiary/aromatic N) is 4. The lowest BCUT2D eigenvalue weighted by Crippen LogP contribution is -2.38. The molecule has 0 saturated carbocycles. The number of morpholine rings is 1. The highest BCUT2D eigenvalue weighted by molar-refractivity contribution is 6.08. The van der Waals surface area contributed by atoms with Gasteiger partial charge in [-0.25, -0.2) is 4.98 Å². The molecule has 0 amide bonds. The number of hydrogen-bond acceptors (Lipinski definition) is 4. The second-order valence-corrected chi connectivity index (χ2v) is 6.28. The van der Waals surface area contributed by atoms with E-state index < -0.39 is 11.9 Å². The van der Waals surface area contributed by atoms with Gasteiger partial charge in [0.1, 0.15) is 5.52 Å².